The zero-order valence-electron chi connectivity index (χ0n) is 16.1. The number of aromatic nitrogens is 5. The molecule has 0 aliphatic carbocycles. The number of hydrogen-bond donors (Lipinski definition) is 0. The summed E-state index contributed by atoms with van der Waals surface area (Å²) in [7, 11) is 2.06. The molecule has 4 rings (SSSR count). The molecule has 27 heavy (non-hydrogen) atoms. The van der Waals surface area contributed by atoms with E-state index in [9.17, 15) is 4.79 Å². The molecule has 0 unspecified atom stereocenters. The second-order valence-electron chi connectivity index (χ2n) is 7.14. The first-order valence-corrected chi connectivity index (χ1v) is 9.32. The van der Waals surface area contributed by atoms with Gasteiger partial charge in [-0.05, 0) is 26.0 Å². The molecule has 8 heteroatoms. The molecule has 0 radical (unpaired) electrons. The highest BCUT2D eigenvalue weighted by atomic mass is 16.1. The quantitative estimate of drug-likeness (QED) is 0.684. The third-order valence-corrected chi connectivity index (χ3v) is 5.34. The normalized spacial score (nSPS) is 15.6. The number of fused-ring (bicyclic) bond motifs is 1. The average molecular weight is 367 g/mol. The van der Waals surface area contributed by atoms with Crippen molar-refractivity contribution >= 4 is 16.9 Å². The van der Waals surface area contributed by atoms with Crippen LogP contribution in [-0.2, 0) is 13.6 Å². The summed E-state index contributed by atoms with van der Waals surface area (Å²) in [5.74, 6) is 1.01. The summed E-state index contributed by atoms with van der Waals surface area (Å²) in [5, 5.41) is 4.31. The number of aryl methyl sites for hydroxylation is 3. The molecule has 3 aromatic heterocycles. The van der Waals surface area contributed by atoms with Crippen molar-refractivity contribution in [1.82, 2.24) is 29.2 Å². The number of rotatable bonds is 4. The summed E-state index contributed by atoms with van der Waals surface area (Å²) in [6.45, 7) is 9.14. The summed E-state index contributed by atoms with van der Waals surface area (Å²) < 4.78 is 3.72. The van der Waals surface area contributed by atoms with Gasteiger partial charge in [-0.15, -0.1) is 0 Å². The van der Waals surface area contributed by atoms with Gasteiger partial charge in [0.1, 0.15) is 11.8 Å². The fraction of sp³-hybridized carbons (Fsp3) is 0.474. The first kappa shape index (κ1) is 17.7. The van der Waals surface area contributed by atoms with Crippen LogP contribution in [0.5, 0.6) is 0 Å². The van der Waals surface area contributed by atoms with Gasteiger partial charge in [0.15, 0.2) is 5.82 Å². The Morgan fingerprint density at radius 1 is 1.04 bits per heavy atom. The molecule has 142 valence electrons. The minimum atomic E-state index is -0.0401. The highest BCUT2D eigenvalue weighted by Crippen LogP contribution is 2.26. The van der Waals surface area contributed by atoms with Crippen LogP contribution in [-0.4, -0.2) is 61.9 Å². The standard InChI is InChI=1S/C19H25N7O/c1-14-4-5-17(27)26(22-14)11-8-24-6-9-25(10-7-24)19-18-16(20-13-21-19)12-15(2)23(18)3/h4-5,12-13H,6-11H2,1-3H3. The van der Waals surface area contributed by atoms with Gasteiger partial charge in [0, 0.05) is 51.5 Å². The van der Waals surface area contributed by atoms with E-state index in [1.54, 1.807) is 23.1 Å². The van der Waals surface area contributed by atoms with Gasteiger partial charge in [-0.25, -0.2) is 14.6 Å². The van der Waals surface area contributed by atoms with Crippen LogP contribution in [0.25, 0.3) is 11.0 Å². The van der Waals surface area contributed by atoms with E-state index in [-0.39, 0.29) is 5.56 Å². The van der Waals surface area contributed by atoms with Crippen LogP contribution < -0.4 is 10.5 Å². The third kappa shape index (κ3) is 3.44. The van der Waals surface area contributed by atoms with Gasteiger partial charge in [0.05, 0.1) is 17.8 Å². The number of anilines is 1. The molecule has 0 bridgehead atoms. The highest BCUT2D eigenvalue weighted by molar-refractivity contribution is 5.87. The van der Waals surface area contributed by atoms with Gasteiger partial charge in [0.2, 0.25) is 0 Å². The maximum atomic E-state index is 11.9. The molecule has 1 aliphatic heterocycles. The second kappa shape index (κ2) is 7.11. The molecule has 0 N–H and O–H groups in total. The fourth-order valence-corrected chi connectivity index (χ4v) is 3.64. The molecule has 1 aliphatic rings. The van der Waals surface area contributed by atoms with Crippen molar-refractivity contribution in [2.45, 2.75) is 20.4 Å². The second-order valence-corrected chi connectivity index (χ2v) is 7.14. The predicted octanol–water partition coefficient (Wildman–Crippen LogP) is 0.964. The largest absolute Gasteiger partial charge is 0.352 e. The lowest BCUT2D eigenvalue weighted by Gasteiger charge is -2.35. The third-order valence-electron chi connectivity index (χ3n) is 5.34. The topological polar surface area (TPSA) is 72.1 Å². The van der Waals surface area contributed by atoms with Gasteiger partial charge in [-0.1, -0.05) is 0 Å². The summed E-state index contributed by atoms with van der Waals surface area (Å²) in [6, 6.07) is 5.44. The van der Waals surface area contributed by atoms with E-state index in [0.717, 1.165) is 55.3 Å². The summed E-state index contributed by atoms with van der Waals surface area (Å²) in [5.41, 5.74) is 4.10. The monoisotopic (exact) mass is 367 g/mol. The zero-order chi connectivity index (χ0) is 19.0. The molecule has 0 amide bonds. The van der Waals surface area contributed by atoms with Crippen LogP contribution >= 0.6 is 0 Å². The molecule has 8 nitrogen and oxygen atoms in total. The van der Waals surface area contributed by atoms with Gasteiger partial charge < -0.3 is 9.47 Å². The Morgan fingerprint density at radius 3 is 2.59 bits per heavy atom. The molecule has 3 aromatic rings. The minimum absolute atomic E-state index is 0.0401. The Labute approximate surface area is 158 Å². The van der Waals surface area contributed by atoms with E-state index >= 15 is 0 Å². The van der Waals surface area contributed by atoms with Crippen molar-refractivity contribution < 1.29 is 0 Å². The molecule has 0 saturated carbocycles. The number of hydrogen-bond acceptors (Lipinski definition) is 6. The smallest absolute Gasteiger partial charge is 0.266 e. The predicted molar refractivity (Wildman–Crippen MR) is 105 cm³/mol. The molecule has 0 aromatic carbocycles. The Morgan fingerprint density at radius 2 is 1.81 bits per heavy atom. The Hall–Kier alpha value is -2.74. The van der Waals surface area contributed by atoms with Crippen LogP contribution in [0.4, 0.5) is 5.82 Å². The maximum Gasteiger partial charge on any atom is 0.266 e. The summed E-state index contributed by atoms with van der Waals surface area (Å²) in [4.78, 5) is 25.6. The van der Waals surface area contributed by atoms with Gasteiger partial charge >= 0.3 is 0 Å². The van der Waals surface area contributed by atoms with E-state index in [1.165, 1.54) is 5.69 Å². The van der Waals surface area contributed by atoms with E-state index in [2.05, 4.69) is 49.5 Å². The van der Waals surface area contributed by atoms with Crippen molar-refractivity contribution in [2.24, 2.45) is 7.05 Å². The molecular weight excluding hydrogens is 342 g/mol. The van der Waals surface area contributed by atoms with Crippen molar-refractivity contribution in [3.63, 3.8) is 0 Å². The van der Waals surface area contributed by atoms with Gasteiger partial charge in [-0.2, -0.15) is 5.10 Å². The first-order chi connectivity index (χ1) is 13.0. The van der Waals surface area contributed by atoms with Gasteiger partial charge in [0.25, 0.3) is 5.56 Å². The molecule has 0 atom stereocenters. The number of nitrogens with zero attached hydrogens (tertiary/aromatic N) is 7. The lowest BCUT2D eigenvalue weighted by Crippen LogP contribution is -2.48. The van der Waals surface area contributed by atoms with E-state index in [4.69, 9.17) is 0 Å². The van der Waals surface area contributed by atoms with Crippen molar-refractivity contribution in [3.05, 3.63) is 46.3 Å². The number of piperazine rings is 1. The average Bonchev–Trinajstić information content (AvgIpc) is 2.97. The fourth-order valence-electron chi connectivity index (χ4n) is 3.64. The lowest BCUT2D eigenvalue weighted by atomic mass is 10.3. The van der Waals surface area contributed by atoms with Crippen molar-refractivity contribution in [3.8, 4) is 0 Å². The van der Waals surface area contributed by atoms with Crippen LogP contribution in [0, 0.1) is 13.8 Å². The molecule has 0 spiro atoms. The molecule has 4 heterocycles. The van der Waals surface area contributed by atoms with Crippen molar-refractivity contribution in [2.75, 3.05) is 37.6 Å². The molecular formula is C19H25N7O. The van der Waals surface area contributed by atoms with Gasteiger partial charge in [-0.3, -0.25) is 9.69 Å². The van der Waals surface area contributed by atoms with Crippen LogP contribution in [0.15, 0.2) is 29.3 Å². The Balaban J connectivity index is 1.42. The van der Waals surface area contributed by atoms with Crippen LogP contribution in [0.2, 0.25) is 0 Å². The minimum Gasteiger partial charge on any atom is -0.352 e. The molecule has 1 fully saturated rings. The lowest BCUT2D eigenvalue weighted by molar-refractivity contribution is 0.242. The van der Waals surface area contributed by atoms with E-state index < -0.39 is 0 Å². The summed E-state index contributed by atoms with van der Waals surface area (Å²) >= 11 is 0. The molecule has 1 saturated heterocycles. The van der Waals surface area contributed by atoms with Crippen molar-refractivity contribution in [1.29, 1.82) is 0 Å². The van der Waals surface area contributed by atoms with E-state index in [0.29, 0.717) is 6.54 Å². The Kier molecular flexibility index (Phi) is 4.65. The zero-order valence-corrected chi connectivity index (χ0v) is 16.1. The van der Waals surface area contributed by atoms with Crippen LogP contribution in [0.3, 0.4) is 0 Å². The first-order valence-electron chi connectivity index (χ1n) is 9.32. The summed E-state index contributed by atoms with van der Waals surface area (Å²) in [6.07, 6.45) is 1.65. The SMILES string of the molecule is Cc1ccc(=O)n(CCN2CCN(c3ncnc4cc(C)n(C)c34)CC2)n1. The van der Waals surface area contributed by atoms with E-state index in [1.807, 2.05) is 6.92 Å². The Bertz CT molecular complexity index is 1010. The maximum absolute atomic E-state index is 11.9. The highest BCUT2D eigenvalue weighted by Gasteiger charge is 2.21. The van der Waals surface area contributed by atoms with Crippen LogP contribution in [0.1, 0.15) is 11.4 Å².